The van der Waals surface area contributed by atoms with Crippen molar-refractivity contribution in [3.8, 4) is 0 Å². The van der Waals surface area contributed by atoms with Crippen LogP contribution in [-0.2, 0) is 25.6 Å². The first-order valence-electron chi connectivity index (χ1n) is 7.91. The van der Waals surface area contributed by atoms with E-state index in [1.807, 2.05) is 0 Å². The Morgan fingerprint density at radius 3 is 2.91 bits per heavy atom. The van der Waals surface area contributed by atoms with Gasteiger partial charge in [-0.2, -0.15) is 0 Å². The van der Waals surface area contributed by atoms with Gasteiger partial charge in [0.25, 0.3) is 0 Å². The summed E-state index contributed by atoms with van der Waals surface area (Å²) in [5.74, 6) is 0.619. The van der Waals surface area contributed by atoms with Crippen molar-refractivity contribution in [3.05, 3.63) is 18.0 Å². The van der Waals surface area contributed by atoms with Crippen LogP contribution in [0.2, 0.25) is 0 Å². The van der Waals surface area contributed by atoms with Crippen LogP contribution < -0.4 is 4.90 Å². The number of hydrogen-bond donors (Lipinski definition) is 1. The van der Waals surface area contributed by atoms with Gasteiger partial charge in [0, 0.05) is 19.3 Å². The SMILES string of the molecule is OCc1ccnc(N2CCO[C@@H](COCC3COCCO3)C2)n1. The van der Waals surface area contributed by atoms with Crippen molar-refractivity contribution in [2.75, 3.05) is 57.6 Å². The minimum Gasteiger partial charge on any atom is -0.390 e. The van der Waals surface area contributed by atoms with Gasteiger partial charge in [-0.15, -0.1) is 0 Å². The maximum absolute atomic E-state index is 9.18. The molecule has 23 heavy (non-hydrogen) atoms. The highest BCUT2D eigenvalue weighted by molar-refractivity contribution is 5.31. The highest BCUT2D eigenvalue weighted by Crippen LogP contribution is 2.14. The molecule has 1 aromatic rings. The lowest BCUT2D eigenvalue weighted by atomic mass is 10.3. The topological polar surface area (TPSA) is 86.2 Å². The molecule has 0 saturated carbocycles. The van der Waals surface area contributed by atoms with Gasteiger partial charge >= 0.3 is 0 Å². The van der Waals surface area contributed by atoms with Crippen molar-refractivity contribution in [2.24, 2.45) is 0 Å². The fourth-order valence-electron chi connectivity index (χ4n) is 2.59. The predicted octanol–water partition coefficient (Wildman–Crippen LogP) is -0.394. The van der Waals surface area contributed by atoms with Gasteiger partial charge in [-0.1, -0.05) is 0 Å². The van der Waals surface area contributed by atoms with Crippen molar-refractivity contribution in [2.45, 2.75) is 18.8 Å². The summed E-state index contributed by atoms with van der Waals surface area (Å²) in [4.78, 5) is 10.7. The number of morpholine rings is 1. The number of aliphatic hydroxyl groups excluding tert-OH is 1. The Balaban J connectivity index is 1.45. The number of aromatic nitrogens is 2. The van der Waals surface area contributed by atoms with Crippen LogP contribution >= 0.6 is 0 Å². The Morgan fingerprint density at radius 2 is 2.09 bits per heavy atom. The normalized spacial score (nSPS) is 25.5. The molecule has 0 spiro atoms. The molecular weight excluding hydrogens is 302 g/mol. The molecule has 2 saturated heterocycles. The molecule has 2 fully saturated rings. The van der Waals surface area contributed by atoms with E-state index in [0.717, 1.165) is 6.54 Å². The average molecular weight is 325 g/mol. The molecule has 1 unspecified atom stereocenters. The van der Waals surface area contributed by atoms with Gasteiger partial charge in [0.1, 0.15) is 6.10 Å². The summed E-state index contributed by atoms with van der Waals surface area (Å²) in [6.07, 6.45) is 1.64. The van der Waals surface area contributed by atoms with Gasteiger partial charge in [-0.05, 0) is 6.07 Å². The first-order valence-corrected chi connectivity index (χ1v) is 7.91. The van der Waals surface area contributed by atoms with Gasteiger partial charge in [0.05, 0.1) is 58.0 Å². The van der Waals surface area contributed by atoms with E-state index in [1.165, 1.54) is 0 Å². The lowest BCUT2D eigenvalue weighted by Gasteiger charge is -2.33. The van der Waals surface area contributed by atoms with Crippen molar-refractivity contribution in [3.63, 3.8) is 0 Å². The number of rotatable bonds is 6. The summed E-state index contributed by atoms with van der Waals surface area (Å²) in [5.41, 5.74) is 0.615. The molecule has 2 aliphatic heterocycles. The van der Waals surface area contributed by atoms with Gasteiger partial charge in [-0.25, -0.2) is 9.97 Å². The molecule has 8 heteroatoms. The highest BCUT2D eigenvalue weighted by Gasteiger charge is 2.23. The molecule has 1 aromatic heterocycles. The fourth-order valence-corrected chi connectivity index (χ4v) is 2.59. The maximum atomic E-state index is 9.18. The minimum absolute atomic E-state index is 0.00742. The van der Waals surface area contributed by atoms with Crippen LogP contribution in [0, 0.1) is 0 Å². The van der Waals surface area contributed by atoms with Crippen molar-refractivity contribution in [1.29, 1.82) is 0 Å². The summed E-state index contributed by atoms with van der Waals surface area (Å²) >= 11 is 0. The van der Waals surface area contributed by atoms with Crippen LogP contribution in [0.25, 0.3) is 0 Å². The standard InChI is InChI=1S/C15H23N3O5/c19-8-12-1-2-16-15(17-12)18-3-4-22-13(7-18)9-21-11-14-10-20-5-6-23-14/h1-2,13-14,19H,3-11H2/t13-,14?/m1/s1. The second kappa shape index (κ2) is 8.51. The van der Waals surface area contributed by atoms with E-state index >= 15 is 0 Å². The van der Waals surface area contributed by atoms with E-state index in [4.69, 9.17) is 18.9 Å². The molecule has 3 heterocycles. The van der Waals surface area contributed by atoms with Gasteiger partial charge in [-0.3, -0.25) is 0 Å². The van der Waals surface area contributed by atoms with Crippen LogP contribution in [0.1, 0.15) is 5.69 Å². The van der Waals surface area contributed by atoms with E-state index in [-0.39, 0.29) is 18.8 Å². The number of aliphatic hydroxyl groups is 1. The molecule has 3 rings (SSSR count). The van der Waals surface area contributed by atoms with Crippen LogP contribution in [0.4, 0.5) is 5.95 Å². The van der Waals surface area contributed by atoms with Crippen molar-refractivity contribution in [1.82, 2.24) is 9.97 Å². The smallest absolute Gasteiger partial charge is 0.225 e. The Labute approximate surface area is 135 Å². The molecule has 8 nitrogen and oxygen atoms in total. The summed E-state index contributed by atoms with van der Waals surface area (Å²) in [7, 11) is 0. The fraction of sp³-hybridized carbons (Fsp3) is 0.733. The van der Waals surface area contributed by atoms with Gasteiger partial charge < -0.3 is 29.0 Å². The average Bonchev–Trinajstić information content (AvgIpc) is 2.63. The van der Waals surface area contributed by atoms with E-state index < -0.39 is 0 Å². The Hall–Kier alpha value is -1.32. The first-order chi connectivity index (χ1) is 11.3. The van der Waals surface area contributed by atoms with E-state index in [1.54, 1.807) is 12.3 Å². The van der Waals surface area contributed by atoms with Crippen molar-refractivity contribution < 1.29 is 24.1 Å². The second-order valence-corrected chi connectivity index (χ2v) is 5.55. The zero-order valence-electron chi connectivity index (χ0n) is 13.1. The zero-order valence-corrected chi connectivity index (χ0v) is 13.1. The van der Waals surface area contributed by atoms with Gasteiger partial charge in [0.2, 0.25) is 5.95 Å². The Bertz CT molecular complexity index is 484. The van der Waals surface area contributed by atoms with Gasteiger partial charge in [0.15, 0.2) is 0 Å². The molecule has 0 amide bonds. The largest absolute Gasteiger partial charge is 0.390 e. The molecule has 0 radical (unpaired) electrons. The minimum atomic E-state index is -0.0874. The summed E-state index contributed by atoms with van der Waals surface area (Å²) in [6, 6.07) is 1.71. The molecule has 0 aliphatic carbocycles. The Morgan fingerprint density at radius 1 is 1.22 bits per heavy atom. The summed E-state index contributed by atoms with van der Waals surface area (Å²) in [5, 5.41) is 9.18. The third-order valence-corrected chi connectivity index (χ3v) is 3.78. The summed E-state index contributed by atoms with van der Waals surface area (Å²) < 4.78 is 22.3. The monoisotopic (exact) mass is 325 g/mol. The van der Waals surface area contributed by atoms with E-state index in [9.17, 15) is 5.11 Å². The predicted molar refractivity (Wildman–Crippen MR) is 81.3 cm³/mol. The second-order valence-electron chi connectivity index (χ2n) is 5.55. The van der Waals surface area contributed by atoms with E-state index in [2.05, 4.69) is 14.9 Å². The number of ether oxygens (including phenoxy) is 4. The Kier molecular flexibility index (Phi) is 6.12. The van der Waals surface area contributed by atoms with Crippen LogP contribution in [0.3, 0.4) is 0 Å². The van der Waals surface area contributed by atoms with Crippen molar-refractivity contribution >= 4 is 5.95 Å². The van der Waals surface area contributed by atoms with Crippen LogP contribution in [0.5, 0.6) is 0 Å². The quantitative estimate of drug-likeness (QED) is 0.756. The molecule has 1 N–H and O–H groups in total. The van der Waals surface area contributed by atoms with E-state index in [0.29, 0.717) is 57.8 Å². The number of anilines is 1. The maximum Gasteiger partial charge on any atom is 0.225 e. The third-order valence-electron chi connectivity index (χ3n) is 3.78. The lowest BCUT2D eigenvalue weighted by Crippen LogP contribution is -2.45. The summed E-state index contributed by atoms with van der Waals surface area (Å²) in [6.45, 7) is 4.78. The van der Waals surface area contributed by atoms with Crippen LogP contribution in [-0.4, -0.2) is 80.0 Å². The molecular formula is C15H23N3O5. The number of nitrogens with zero attached hydrogens (tertiary/aromatic N) is 3. The zero-order chi connectivity index (χ0) is 15.9. The molecule has 0 bridgehead atoms. The number of hydrogen-bond acceptors (Lipinski definition) is 8. The first kappa shape index (κ1) is 16.5. The molecule has 0 aromatic carbocycles. The molecule has 128 valence electrons. The lowest BCUT2D eigenvalue weighted by molar-refractivity contribution is -0.124. The molecule has 2 aliphatic rings. The third kappa shape index (κ3) is 4.82. The van der Waals surface area contributed by atoms with Crippen LogP contribution in [0.15, 0.2) is 12.3 Å². The molecule has 2 atom stereocenters. The highest BCUT2D eigenvalue weighted by atomic mass is 16.6.